The predicted molar refractivity (Wildman–Crippen MR) is 130 cm³/mol. The average molecular weight is 457 g/mol. The van der Waals surface area contributed by atoms with Crippen molar-refractivity contribution < 1.29 is 14.5 Å². The third-order valence-electron chi connectivity index (χ3n) is 5.53. The molecule has 9 heteroatoms. The molecule has 1 aliphatic heterocycles. The van der Waals surface area contributed by atoms with Gasteiger partial charge < -0.3 is 15.1 Å². The molecular weight excluding hydrogens is 434 g/mol. The van der Waals surface area contributed by atoms with Gasteiger partial charge in [0.1, 0.15) is 0 Å². The Hall–Kier alpha value is -4.53. The minimum absolute atomic E-state index is 0.00319. The highest BCUT2D eigenvalue weighted by Crippen LogP contribution is 2.20. The molecule has 1 aromatic heterocycles. The number of amides is 2. The first-order valence-corrected chi connectivity index (χ1v) is 10.8. The summed E-state index contributed by atoms with van der Waals surface area (Å²) < 4.78 is 0. The summed E-state index contributed by atoms with van der Waals surface area (Å²) in [7, 11) is 0. The lowest BCUT2D eigenvalue weighted by molar-refractivity contribution is -0.384. The smallest absolute Gasteiger partial charge is 0.269 e. The molecule has 1 fully saturated rings. The highest BCUT2D eigenvalue weighted by molar-refractivity contribution is 6.02. The van der Waals surface area contributed by atoms with Gasteiger partial charge in [-0.25, -0.2) is 0 Å². The first-order valence-electron chi connectivity index (χ1n) is 10.8. The van der Waals surface area contributed by atoms with Gasteiger partial charge in [0, 0.05) is 73.7 Å². The fourth-order valence-electron chi connectivity index (χ4n) is 3.66. The van der Waals surface area contributed by atoms with Crippen molar-refractivity contribution in [1.82, 2.24) is 9.88 Å². The molecule has 34 heavy (non-hydrogen) atoms. The number of nitrogens with one attached hydrogen (secondary N) is 1. The third kappa shape index (κ3) is 5.63. The van der Waals surface area contributed by atoms with Crippen LogP contribution in [0.5, 0.6) is 0 Å². The number of anilines is 2. The van der Waals surface area contributed by atoms with Gasteiger partial charge in [0.2, 0.25) is 5.91 Å². The molecule has 2 amide bonds. The van der Waals surface area contributed by atoms with Crippen LogP contribution in [0.4, 0.5) is 17.1 Å². The number of pyridine rings is 1. The fourth-order valence-corrected chi connectivity index (χ4v) is 3.66. The van der Waals surface area contributed by atoms with Crippen LogP contribution in [0.3, 0.4) is 0 Å². The number of carbonyl (C=O) groups excluding carboxylic acids is 2. The van der Waals surface area contributed by atoms with E-state index in [1.165, 1.54) is 18.2 Å². The zero-order valence-corrected chi connectivity index (χ0v) is 18.3. The van der Waals surface area contributed by atoms with Crippen molar-refractivity contribution in [3.8, 4) is 0 Å². The molecule has 1 aliphatic rings. The van der Waals surface area contributed by atoms with Crippen LogP contribution in [0.15, 0.2) is 79.1 Å². The minimum Gasteiger partial charge on any atom is -0.368 e. The second-order valence-electron chi connectivity index (χ2n) is 7.73. The quantitative estimate of drug-likeness (QED) is 0.344. The molecule has 4 rings (SSSR count). The molecule has 2 heterocycles. The van der Waals surface area contributed by atoms with E-state index in [1.54, 1.807) is 42.7 Å². The topological polar surface area (TPSA) is 109 Å². The predicted octanol–water partition coefficient (Wildman–Crippen LogP) is 3.60. The Labute approximate surface area is 196 Å². The standard InChI is InChI=1S/C25H23N5O4/c31-24(10-3-19-1-6-23(7-2-19)30(33)34)27-21-4-8-22(9-5-21)28-15-17-29(18-16-28)25(32)20-11-13-26-14-12-20/h1-14H,15-18H2,(H,27,31)/b10-3+. The second kappa shape index (κ2) is 10.4. The van der Waals surface area contributed by atoms with E-state index in [4.69, 9.17) is 0 Å². The third-order valence-corrected chi connectivity index (χ3v) is 5.53. The number of nitro benzene ring substituents is 1. The number of nitrogens with zero attached hydrogens (tertiary/aromatic N) is 4. The fraction of sp³-hybridized carbons (Fsp3) is 0.160. The molecule has 1 saturated heterocycles. The molecule has 0 aliphatic carbocycles. The number of non-ortho nitro benzene ring substituents is 1. The van der Waals surface area contributed by atoms with Crippen molar-refractivity contribution in [2.24, 2.45) is 0 Å². The van der Waals surface area contributed by atoms with Crippen LogP contribution >= 0.6 is 0 Å². The monoisotopic (exact) mass is 457 g/mol. The maximum Gasteiger partial charge on any atom is 0.269 e. The van der Waals surface area contributed by atoms with E-state index in [0.29, 0.717) is 29.9 Å². The summed E-state index contributed by atoms with van der Waals surface area (Å²) in [5.41, 5.74) is 3.02. The summed E-state index contributed by atoms with van der Waals surface area (Å²) in [6.07, 6.45) is 6.22. The average Bonchev–Trinajstić information content (AvgIpc) is 2.88. The van der Waals surface area contributed by atoms with Crippen LogP contribution in [0, 0.1) is 10.1 Å². The van der Waals surface area contributed by atoms with Gasteiger partial charge in [-0.3, -0.25) is 24.7 Å². The summed E-state index contributed by atoms with van der Waals surface area (Å²) >= 11 is 0. The minimum atomic E-state index is -0.466. The molecule has 0 radical (unpaired) electrons. The van der Waals surface area contributed by atoms with Gasteiger partial charge >= 0.3 is 0 Å². The van der Waals surface area contributed by atoms with E-state index in [-0.39, 0.29) is 17.5 Å². The number of hydrogen-bond donors (Lipinski definition) is 1. The van der Waals surface area contributed by atoms with Gasteiger partial charge in [-0.1, -0.05) is 0 Å². The van der Waals surface area contributed by atoms with Crippen molar-refractivity contribution >= 4 is 35.0 Å². The number of hydrogen-bond acceptors (Lipinski definition) is 6. The Kier molecular flexibility index (Phi) is 6.92. The molecule has 0 atom stereocenters. The number of rotatable bonds is 6. The molecule has 0 spiro atoms. The molecular formula is C25H23N5O4. The van der Waals surface area contributed by atoms with Crippen molar-refractivity contribution in [3.63, 3.8) is 0 Å². The van der Waals surface area contributed by atoms with Crippen LogP contribution in [0.1, 0.15) is 15.9 Å². The van der Waals surface area contributed by atoms with Crippen LogP contribution in [0.2, 0.25) is 0 Å². The second-order valence-corrected chi connectivity index (χ2v) is 7.73. The van der Waals surface area contributed by atoms with Crippen molar-refractivity contribution in [3.05, 3.63) is 100 Å². The molecule has 1 N–H and O–H groups in total. The number of nitro groups is 1. The number of carbonyl (C=O) groups is 2. The van der Waals surface area contributed by atoms with Crippen LogP contribution in [-0.4, -0.2) is 52.8 Å². The van der Waals surface area contributed by atoms with Crippen molar-refractivity contribution in [2.45, 2.75) is 0 Å². The molecule has 0 bridgehead atoms. The van der Waals surface area contributed by atoms with Gasteiger partial charge in [0.15, 0.2) is 0 Å². The summed E-state index contributed by atoms with van der Waals surface area (Å²) in [4.78, 5) is 43.0. The molecule has 2 aromatic carbocycles. The lowest BCUT2D eigenvalue weighted by Gasteiger charge is -2.36. The molecule has 3 aromatic rings. The highest BCUT2D eigenvalue weighted by atomic mass is 16.6. The first-order chi connectivity index (χ1) is 16.5. The van der Waals surface area contributed by atoms with Crippen LogP contribution in [-0.2, 0) is 4.79 Å². The van der Waals surface area contributed by atoms with E-state index in [1.807, 2.05) is 29.2 Å². The Balaban J connectivity index is 1.28. The zero-order chi connectivity index (χ0) is 23.9. The van der Waals surface area contributed by atoms with Gasteiger partial charge in [-0.15, -0.1) is 0 Å². The summed E-state index contributed by atoms with van der Waals surface area (Å²) in [5, 5.41) is 13.5. The largest absolute Gasteiger partial charge is 0.368 e. The summed E-state index contributed by atoms with van der Waals surface area (Å²) in [6, 6.07) is 17.0. The van der Waals surface area contributed by atoms with Crippen LogP contribution < -0.4 is 10.2 Å². The van der Waals surface area contributed by atoms with Gasteiger partial charge in [-0.05, 0) is 60.2 Å². The maximum atomic E-state index is 12.6. The van der Waals surface area contributed by atoms with E-state index < -0.39 is 4.92 Å². The van der Waals surface area contributed by atoms with E-state index >= 15 is 0 Å². The van der Waals surface area contributed by atoms with Crippen molar-refractivity contribution in [2.75, 3.05) is 36.4 Å². The zero-order valence-electron chi connectivity index (χ0n) is 18.3. The highest BCUT2D eigenvalue weighted by Gasteiger charge is 2.22. The summed E-state index contributed by atoms with van der Waals surface area (Å²) in [5.74, 6) is -0.281. The Morgan fingerprint density at radius 2 is 1.56 bits per heavy atom. The van der Waals surface area contributed by atoms with Gasteiger partial charge in [0.25, 0.3) is 11.6 Å². The Morgan fingerprint density at radius 3 is 2.18 bits per heavy atom. The normalized spacial score (nSPS) is 13.6. The van der Waals surface area contributed by atoms with Crippen molar-refractivity contribution in [1.29, 1.82) is 0 Å². The summed E-state index contributed by atoms with van der Waals surface area (Å²) in [6.45, 7) is 2.71. The lowest BCUT2D eigenvalue weighted by atomic mass is 10.2. The maximum absolute atomic E-state index is 12.6. The number of aromatic nitrogens is 1. The van der Waals surface area contributed by atoms with Gasteiger partial charge in [-0.2, -0.15) is 0 Å². The molecule has 0 unspecified atom stereocenters. The number of piperazine rings is 1. The molecule has 172 valence electrons. The SMILES string of the molecule is O=C(/C=C/c1ccc([N+](=O)[O-])cc1)Nc1ccc(N2CCN(C(=O)c3ccncc3)CC2)cc1. The Bertz CT molecular complexity index is 1190. The van der Waals surface area contributed by atoms with Gasteiger partial charge in [0.05, 0.1) is 4.92 Å². The molecule has 0 saturated carbocycles. The van der Waals surface area contributed by atoms with E-state index in [2.05, 4.69) is 15.2 Å². The Morgan fingerprint density at radius 1 is 0.912 bits per heavy atom. The lowest BCUT2D eigenvalue weighted by Crippen LogP contribution is -2.48. The number of benzene rings is 2. The molecule has 9 nitrogen and oxygen atoms in total. The van der Waals surface area contributed by atoms with Crippen LogP contribution in [0.25, 0.3) is 6.08 Å². The van der Waals surface area contributed by atoms with E-state index in [9.17, 15) is 19.7 Å². The van der Waals surface area contributed by atoms with E-state index in [0.717, 1.165) is 18.8 Å². The first kappa shape index (κ1) is 22.7.